The van der Waals surface area contributed by atoms with Crippen LogP contribution in [0.3, 0.4) is 0 Å². The molecule has 0 aromatic rings. The number of carbonyl (C=O) groups is 1. The van der Waals surface area contributed by atoms with Crippen LogP contribution >= 0.6 is 0 Å². The number of amides is 1. The molecule has 0 radical (unpaired) electrons. The lowest BCUT2D eigenvalue weighted by Gasteiger charge is -2.28. The van der Waals surface area contributed by atoms with Crippen LogP contribution in [0.1, 0.15) is 48.0 Å². The molecule has 2 N–H and O–H groups in total. The van der Waals surface area contributed by atoms with E-state index in [9.17, 15) is 4.79 Å². The standard InChI is InChI=1S/C15H30N2O3/c1-10(2)13(17-12-7-8-19-11(12)3)9-16-14(18)20-15(4,5)6/h10-13,17H,7-9H2,1-6H3,(H,16,18). The van der Waals surface area contributed by atoms with E-state index in [0.29, 0.717) is 18.5 Å². The van der Waals surface area contributed by atoms with Crippen molar-refractivity contribution in [2.75, 3.05) is 13.2 Å². The summed E-state index contributed by atoms with van der Waals surface area (Å²) in [7, 11) is 0. The Morgan fingerprint density at radius 2 is 2.05 bits per heavy atom. The third kappa shape index (κ3) is 6.09. The second-order valence-corrected chi connectivity index (χ2v) is 6.87. The zero-order valence-electron chi connectivity index (χ0n) is 13.7. The van der Waals surface area contributed by atoms with Crippen LogP contribution < -0.4 is 10.6 Å². The van der Waals surface area contributed by atoms with Gasteiger partial charge in [-0.2, -0.15) is 0 Å². The number of hydrogen-bond acceptors (Lipinski definition) is 4. The Hall–Kier alpha value is -0.810. The molecule has 0 aliphatic carbocycles. The fourth-order valence-corrected chi connectivity index (χ4v) is 2.22. The molecule has 3 atom stereocenters. The molecule has 1 rings (SSSR count). The summed E-state index contributed by atoms with van der Waals surface area (Å²) < 4.78 is 10.8. The summed E-state index contributed by atoms with van der Waals surface area (Å²) in [5.74, 6) is 0.428. The predicted octanol–water partition coefficient (Wildman–Crippen LogP) is 2.30. The molecular weight excluding hydrogens is 256 g/mol. The van der Waals surface area contributed by atoms with Gasteiger partial charge in [0.15, 0.2) is 0 Å². The second-order valence-electron chi connectivity index (χ2n) is 6.87. The van der Waals surface area contributed by atoms with Crippen LogP contribution in [0.25, 0.3) is 0 Å². The zero-order chi connectivity index (χ0) is 15.3. The molecule has 1 fully saturated rings. The molecule has 1 aliphatic rings. The molecule has 0 saturated carbocycles. The molecule has 1 aliphatic heterocycles. The van der Waals surface area contributed by atoms with E-state index in [2.05, 4.69) is 31.4 Å². The molecule has 118 valence electrons. The molecular formula is C15H30N2O3. The first-order chi connectivity index (χ1) is 9.19. The maximum absolute atomic E-state index is 11.7. The van der Waals surface area contributed by atoms with E-state index in [4.69, 9.17) is 9.47 Å². The highest BCUT2D eigenvalue weighted by atomic mass is 16.6. The topological polar surface area (TPSA) is 59.6 Å². The van der Waals surface area contributed by atoms with Crippen molar-refractivity contribution in [3.8, 4) is 0 Å². The second kappa shape index (κ2) is 7.27. The van der Waals surface area contributed by atoms with Crippen molar-refractivity contribution in [2.45, 2.75) is 71.8 Å². The van der Waals surface area contributed by atoms with Crippen LogP contribution in [0.15, 0.2) is 0 Å². The van der Waals surface area contributed by atoms with Gasteiger partial charge < -0.3 is 20.1 Å². The summed E-state index contributed by atoms with van der Waals surface area (Å²) in [6, 6.07) is 0.583. The smallest absolute Gasteiger partial charge is 0.407 e. The average molecular weight is 286 g/mol. The van der Waals surface area contributed by atoms with E-state index in [0.717, 1.165) is 13.0 Å². The third-order valence-corrected chi connectivity index (χ3v) is 3.47. The van der Waals surface area contributed by atoms with Gasteiger partial charge >= 0.3 is 6.09 Å². The minimum atomic E-state index is -0.460. The average Bonchev–Trinajstić information content (AvgIpc) is 2.67. The number of nitrogens with one attached hydrogen (secondary N) is 2. The number of carbonyl (C=O) groups excluding carboxylic acids is 1. The van der Waals surface area contributed by atoms with E-state index < -0.39 is 5.60 Å². The lowest BCUT2D eigenvalue weighted by Crippen LogP contribution is -2.50. The Morgan fingerprint density at radius 3 is 2.50 bits per heavy atom. The molecule has 1 heterocycles. The lowest BCUT2D eigenvalue weighted by atomic mass is 10.0. The van der Waals surface area contributed by atoms with Gasteiger partial charge in [0.25, 0.3) is 0 Å². The number of rotatable bonds is 5. The first-order valence-electron chi connectivity index (χ1n) is 7.53. The van der Waals surface area contributed by atoms with Gasteiger partial charge in [-0.1, -0.05) is 13.8 Å². The van der Waals surface area contributed by atoms with Gasteiger partial charge in [0.05, 0.1) is 6.10 Å². The highest BCUT2D eigenvalue weighted by Gasteiger charge is 2.28. The summed E-state index contributed by atoms with van der Waals surface area (Å²) in [6.07, 6.45) is 0.898. The molecule has 0 aromatic heterocycles. The number of ether oxygens (including phenoxy) is 2. The quantitative estimate of drug-likeness (QED) is 0.814. The molecule has 5 heteroatoms. The van der Waals surface area contributed by atoms with Crippen LogP contribution in [0.2, 0.25) is 0 Å². The minimum Gasteiger partial charge on any atom is -0.444 e. The molecule has 1 amide bonds. The fourth-order valence-electron chi connectivity index (χ4n) is 2.22. The van der Waals surface area contributed by atoms with E-state index in [1.54, 1.807) is 0 Å². The number of alkyl carbamates (subject to hydrolysis) is 1. The van der Waals surface area contributed by atoms with Crippen LogP contribution in [-0.2, 0) is 9.47 Å². The maximum Gasteiger partial charge on any atom is 0.407 e. The van der Waals surface area contributed by atoms with Crippen LogP contribution in [0.4, 0.5) is 4.79 Å². The van der Waals surface area contributed by atoms with Crippen molar-refractivity contribution in [2.24, 2.45) is 5.92 Å². The number of hydrogen-bond donors (Lipinski definition) is 2. The molecule has 0 bridgehead atoms. The highest BCUT2D eigenvalue weighted by Crippen LogP contribution is 2.15. The normalized spacial score (nSPS) is 24.8. The van der Waals surface area contributed by atoms with E-state index in [1.807, 2.05) is 20.8 Å². The van der Waals surface area contributed by atoms with Crippen LogP contribution in [-0.4, -0.2) is 43.0 Å². The lowest BCUT2D eigenvalue weighted by molar-refractivity contribution is 0.0516. The maximum atomic E-state index is 11.7. The zero-order valence-corrected chi connectivity index (χ0v) is 13.7. The van der Waals surface area contributed by atoms with Crippen LogP contribution in [0.5, 0.6) is 0 Å². The van der Waals surface area contributed by atoms with Crippen molar-refractivity contribution in [3.05, 3.63) is 0 Å². The minimum absolute atomic E-state index is 0.219. The first kappa shape index (κ1) is 17.2. The summed E-state index contributed by atoms with van der Waals surface area (Å²) in [5, 5.41) is 6.43. The van der Waals surface area contributed by atoms with Gasteiger partial charge in [-0.15, -0.1) is 0 Å². The van der Waals surface area contributed by atoms with Crippen molar-refractivity contribution in [1.82, 2.24) is 10.6 Å². The Bertz CT molecular complexity index is 313. The van der Waals surface area contributed by atoms with Crippen molar-refractivity contribution in [3.63, 3.8) is 0 Å². The Labute approximate surface area is 122 Å². The van der Waals surface area contributed by atoms with Gasteiger partial charge in [0.2, 0.25) is 0 Å². The largest absolute Gasteiger partial charge is 0.444 e. The third-order valence-electron chi connectivity index (χ3n) is 3.47. The summed E-state index contributed by atoms with van der Waals surface area (Å²) in [4.78, 5) is 11.7. The highest BCUT2D eigenvalue weighted by molar-refractivity contribution is 5.67. The molecule has 0 spiro atoms. The van der Waals surface area contributed by atoms with Crippen molar-refractivity contribution < 1.29 is 14.3 Å². The van der Waals surface area contributed by atoms with E-state index in [-0.39, 0.29) is 18.2 Å². The summed E-state index contributed by atoms with van der Waals surface area (Å²) in [5.41, 5.74) is -0.460. The Kier molecular flexibility index (Phi) is 6.27. The van der Waals surface area contributed by atoms with Gasteiger partial charge in [-0.05, 0) is 40.0 Å². The predicted molar refractivity (Wildman–Crippen MR) is 79.8 cm³/mol. The fraction of sp³-hybridized carbons (Fsp3) is 0.933. The van der Waals surface area contributed by atoms with Gasteiger partial charge in [0.1, 0.15) is 5.60 Å². The van der Waals surface area contributed by atoms with Gasteiger partial charge in [0, 0.05) is 25.2 Å². The monoisotopic (exact) mass is 286 g/mol. The molecule has 0 aromatic carbocycles. The molecule has 3 unspecified atom stereocenters. The first-order valence-corrected chi connectivity index (χ1v) is 7.53. The van der Waals surface area contributed by atoms with Crippen molar-refractivity contribution in [1.29, 1.82) is 0 Å². The van der Waals surface area contributed by atoms with Gasteiger partial charge in [-0.3, -0.25) is 0 Å². The van der Waals surface area contributed by atoms with Gasteiger partial charge in [-0.25, -0.2) is 4.79 Å². The summed E-state index contributed by atoms with van der Waals surface area (Å²) in [6.45, 7) is 13.3. The van der Waals surface area contributed by atoms with Crippen LogP contribution in [0, 0.1) is 5.92 Å². The Morgan fingerprint density at radius 1 is 1.40 bits per heavy atom. The van der Waals surface area contributed by atoms with E-state index in [1.165, 1.54) is 0 Å². The molecule has 1 saturated heterocycles. The summed E-state index contributed by atoms with van der Waals surface area (Å²) >= 11 is 0. The van der Waals surface area contributed by atoms with E-state index >= 15 is 0 Å². The SMILES string of the molecule is CC(C)C(CNC(=O)OC(C)(C)C)NC1CCOC1C. The molecule has 5 nitrogen and oxygen atoms in total. The molecule has 20 heavy (non-hydrogen) atoms. The van der Waals surface area contributed by atoms with Crippen molar-refractivity contribution >= 4 is 6.09 Å². The Balaban J connectivity index is 2.41.